The van der Waals surface area contributed by atoms with Crippen LogP contribution in [-0.2, 0) is 4.74 Å². The molecule has 54 valence electrons. The third kappa shape index (κ3) is 18.7. The molecule has 0 spiro atoms. The smallest absolute Gasteiger partial charge is 0.0649 e. The van der Waals surface area contributed by atoms with Gasteiger partial charge in [0.15, 0.2) is 0 Å². The SMILES string of the molecule is C=CCOCC=C.CN. The fourth-order valence-corrected chi connectivity index (χ4v) is 0.235. The summed E-state index contributed by atoms with van der Waals surface area (Å²) in [7, 11) is 1.50. The zero-order valence-corrected chi connectivity index (χ0v) is 5.97. The lowest BCUT2D eigenvalue weighted by atomic mass is 10.6. The molecular formula is C7H15NO. The first-order chi connectivity index (χ1) is 4.41. The van der Waals surface area contributed by atoms with E-state index in [0.29, 0.717) is 13.2 Å². The fourth-order valence-electron chi connectivity index (χ4n) is 0.235. The highest BCUT2D eigenvalue weighted by atomic mass is 16.5. The maximum absolute atomic E-state index is 4.90. The van der Waals surface area contributed by atoms with E-state index >= 15 is 0 Å². The molecule has 0 rings (SSSR count). The topological polar surface area (TPSA) is 35.2 Å². The van der Waals surface area contributed by atoms with E-state index in [9.17, 15) is 0 Å². The van der Waals surface area contributed by atoms with Gasteiger partial charge in [0.1, 0.15) is 0 Å². The molecule has 2 nitrogen and oxygen atoms in total. The van der Waals surface area contributed by atoms with E-state index in [0.717, 1.165) is 0 Å². The van der Waals surface area contributed by atoms with Gasteiger partial charge >= 0.3 is 0 Å². The third-order valence-electron chi connectivity index (χ3n) is 0.471. The Labute approximate surface area is 57.0 Å². The van der Waals surface area contributed by atoms with Crippen molar-refractivity contribution >= 4 is 0 Å². The second-order valence-electron chi connectivity index (χ2n) is 1.11. The lowest BCUT2D eigenvalue weighted by molar-refractivity contribution is 0.194. The summed E-state index contributed by atoms with van der Waals surface area (Å²) in [6, 6.07) is 0. The predicted molar refractivity (Wildman–Crippen MR) is 41.3 cm³/mol. The molecule has 9 heavy (non-hydrogen) atoms. The van der Waals surface area contributed by atoms with Crippen LogP contribution in [0.4, 0.5) is 0 Å². The van der Waals surface area contributed by atoms with E-state index < -0.39 is 0 Å². The molecule has 0 fully saturated rings. The molecule has 0 atom stereocenters. The van der Waals surface area contributed by atoms with Gasteiger partial charge in [-0.25, -0.2) is 0 Å². The van der Waals surface area contributed by atoms with Crippen molar-refractivity contribution < 1.29 is 4.74 Å². The van der Waals surface area contributed by atoms with Crippen molar-refractivity contribution in [2.24, 2.45) is 5.73 Å². The number of hydrogen-bond donors (Lipinski definition) is 1. The van der Waals surface area contributed by atoms with Gasteiger partial charge in [-0.1, -0.05) is 12.2 Å². The molecule has 0 unspecified atom stereocenters. The first kappa shape index (κ1) is 11.2. The van der Waals surface area contributed by atoms with Crippen molar-refractivity contribution in [1.82, 2.24) is 0 Å². The van der Waals surface area contributed by atoms with E-state index in [1.807, 2.05) is 0 Å². The van der Waals surface area contributed by atoms with Crippen LogP contribution in [0.2, 0.25) is 0 Å². The molecule has 0 amide bonds. The van der Waals surface area contributed by atoms with E-state index in [1.165, 1.54) is 7.05 Å². The standard InChI is InChI=1S/C6H10O.CH5N/c1-3-5-7-6-4-2;1-2/h3-4H,1-2,5-6H2;2H2,1H3. The Morgan fingerprint density at radius 2 is 1.56 bits per heavy atom. The molecule has 2 heteroatoms. The number of ether oxygens (including phenoxy) is 1. The molecular weight excluding hydrogens is 114 g/mol. The van der Waals surface area contributed by atoms with Gasteiger partial charge < -0.3 is 10.5 Å². The van der Waals surface area contributed by atoms with E-state index in [1.54, 1.807) is 12.2 Å². The molecule has 0 saturated heterocycles. The molecule has 0 aliphatic rings. The number of nitrogens with two attached hydrogens (primary N) is 1. The average Bonchev–Trinajstić information content (AvgIpc) is 1.94. The third-order valence-corrected chi connectivity index (χ3v) is 0.471. The molecule has 0 radical (unpaired) electrons. The molecule has 0 heterocycles. The zero-order valence-electron chi connectivity index (χ0n) is 5.97. The molecule has 0 aromatic carbocycles. The van der Waals surface area contributed by atoms with Gasteiger partial charge in [0.05, 0.1) is 13.2 Å². The molecule has 2 N–H and O–H groups in total. The molecule has 0 aromatic heterocycles. The molecule has 0 bridgehead atoms. The Bertz CT molecular complexity index is 53.9. The molecule has 0 aliphatic heterocycles. The maximum Gasteiger partial charge on any atom is 0.0649 e. The predicted octanol–water partition coefficient (Wildman–Crippen LogP) is 0.950. The zero-order chi connectivity index (χ0) is 7.54. The second-order valence-corrected chi connectivity index (χ2v) is 1.11. The Kier molecular flexibility index (Phi) is 19.5. The minimum atomic E-state index is 0.617. The summed E-state index contributed by atoms with van der Waals surface area (Å²) in [5.41, 5.74) is 4.50. The van der Waals surface area contributed by atoms with Crippen molar-refractivity contribution in [3.05, 3.63) is 25.3 Å². The molecule has 0 aliphatic carbocycles. The van der Waals surface area contributed by atoms with Crippen LogP contribution in [0.3, 0.4) is 0 Å². The van der Waals surface area contributed by atoms with Gasteiger partial charge in [0.25, 0.3) is 0 Å². The summed E-state index contributed by atoms with van der Waals surface area (Å²) >= 11 is 0. The molecule has 0 saturated carbocycles. The first-order valence-electron chi connectivity index (χ1n) is 2.79. The summed E-state index contributed by atoms with van der Waals surface area (Å²) in [6.45, 7) is 8.18. The summed E-state index contributed by atoms with van der Waals surface area (Å²) < 4.78 is 4.90. The lowest BCUT2D eigenvalue weighted by Crippen LogP contribution is -1.87. The largest absolute Gasteiger partial charge is 0.373 e. The highest BCUT2D eigenvalue weighted by molar-refractivity contribution is 4.68. The monoisotopic (exact) mass is 129 g/mol. The van der Waals surface area contributed by atoms with Crippen molar-refractivity contribution in [3.8, 4) is 0 Å². The van der Waals surface area contributed by atoms with E-state index in [-0.39, 0.29) is 0 Å². The van der Waals surface area contributed by atoms with Gasteiger partial charge in [-0.2, -0.15) is 0 Å². The minimum Gasteiger partial charge on any atom is -0.373 e. The van der Waals surface area contributed by atoms with Crippen molar-refractivity contribution in [1.29, 1.82) is 0 Å². The van der Waals surface area contributed by atoms with Crippen LogP contribution in [0.15, 0.2) is 25.3 Å². The summed E-state index contributed by atoms with van der Waals surface area (Å²) in [4.78, 5) is 0. The maximum atomic E-state index is 4.90. The minimum absolute atomic E-state index is 0.617. The van der Waals surface area contributed by atoms with Gasteiger partial charge in [0.2, 0.25) is 0 Å². The van der Waals surface area contributed by atoms with Crippen molar-refractivity contribution in [2.45, 2.75) is 0 Å². The van der Waals surface area contributed by atoms with Gasteiger partial charge in [-0.05, 0) is 7.05 Å². The van der Waals surface area contributed by atoms with Gasteiger partial charge in [-0.15, -0.1) is 13.2 Å². The second kappa shape index (κ2) is 15.7. The van der Waals surface area contributed by atoms with Crippen LogP contribution in [0.25, 0.3) is 0 Å². The summed E-state index contributed by atoms with van der Waals surface area (Å²) in [5, 5.41) is 0. The number of rotatable bonds is 4. The highest BCUT2D eigenvalue weighted by Gasteiger charge is 1.70. The van der Waals surface area contributed by atoms with Gasteiger partial charge in [-0.3, -0.25) is 0 Å². The van der Waals surface area contributed by atoms with Crippen molar-refractivity contribution in [2.75, 3.05) is 20.3 Å². The Morgan fingerprint density at radius 1 is 1.22 bits per heavy atom. The summed E-state index contributed by atoms with van der Waals surface area (Å²) in [5.74, 6) is 0. The number of hydrogen-bond acceptors (Lipinski definition) is 2. The highest BCUT2D eigenvalue weighted by Crippen LogP contribution is 1.72. The summed E-state index contributed by atoms with van der Waals surface area (Å²) in [6.07, 6.45) is 3.42. The van der Waals surface area contributed by atoms with E-state index in [4.69, 9.17) is 4.74 Å². The van der Waals surface area contributed by atoms with E-state index in [2.05, 4.69) is 18.9 Å². The van der Waals surface area contributed by atoms with Crippen LogP contribution in [0.5, 0.6) is 0 Å². The van der Waals surface area contributed by atoms with Crippen LogP contribution in [0, 0.1) is 0 Å². The fraction of sp³-hybridized carbons (Fsp3) is 0.429. The Morgan fingerprint density at radius 3 is 1.78 bits per heavy atom. The van der Waals surface area contributed by atoms with Crippen LogP contribution in [0.1, 0.15) is 0 Å². The lowest BCUT2D eigenvalue weighted by Gasteiger charge is -1.89. The van der Waals surface area contributed by atoms with Gasteiger partial charge in [0, 0.05) is 0 Å². The molecule has 0 aromatic rings. The van der Waals surface area contributed by atoms with Crippen molar-refractivity contribution in [3.63, 3.8) is 0 Å². The van der Waals surface area contributed by atoms with Crippen LogP contribution >= 0.6 is 0 Å². The van der Waals surface area contributed by atoms with Crippen LogP contribution < -0.4 is 5.73 Å². The Hall–Kier alpha value is -0.600. The quantitative estimate of drug-likeness (QED) is 0.453. The average molecular weight is 129 g/mol. The normalized spacial score (nSPS) is 6.89. The first-order valence-corrected chi connectivity index (χ1v) is 2.79. The Balaban J connectivity index is 0. The van der Waals surface area contributed by atoms with Crippen LogP contribution in [-0.4, -0.2) is 20.3 Å².